The van der Waals surface area contributed by atoms with Crippen molar-refractivity contribution in [1.29, 1.82) is 0 Å². The van der Waals surface area contributed by atoms with E-state index < -0.39 is 0 Å². The molecule has 1 heterocycles. The van der Waals surface area contributed by atoms with Crippen LogP contribution < -0.4 is 0 Å². The molecule has 0 saturated heterocycles. The average Bonchev–Trinajstić information content (AvgIpc) is 3.46. The molecule has 12 rings (SSSR count). The molecule has 240 valence electrons. The molecule has 4 saturated carbocycles. The summed E-state index contributed by atoms with van der Waals surface area (Å²) in [4.78, 5) is 10.2. The van der Waals surface area contributed by atoms with E-state index in [4.69, 9.17) is 9.97 Å². The molecule has 0 radical (unpaired) electrons. The van der Waals surface area contributed by atoms with E-state index in [0.29, 0.717) is 0 Å². The molecule has 2 nitrogen and oxygen atoms in total. The summed E-state index contributed by atoms with van der Waals surface area (Å²) >= 11 is 0. The van der Waals surface area contributed by atoms with E-state index in [2.05, 4.69) is 140 Å². The topological polar surface area (TPSA) is 25.8 Å². The Morgan fingerprint density at radius 3 is 1.72 bits per heavy atom. The summed E-state index contributed by atoms with van der Waals surface area (Å²) in [7, 11) is 0. The molecule has 4 fully saturated rings. The fraction of sp³-hybridized carbons (Fsp3) is 0.208. The molecule has 4 bridgehead atoms. The lowest BCUT2D eigenvalue weighted by Crippen LogP contribution is -2.55. The molecule has 0 aliphatic heterocycles. The number of fused-ring (bicyclic) bond motifs is 4. The second-order valence-corrected chi connectivity index (χ2v) is 15.4. The summed E-state index contributed by atoms with van der Waals surface area (Å²) in [6.07, 6.45) is 7.02. The summed E-state index contributed by atoms with van der Waals surface area (Å²) < 4.78 is 0. The highest BCUT2D eigenvalue weighted by Crippen LogP contribution is 2.70. The number of rotatable bonds is 4. The first kappa shape index (κ1) is 28.5. The van der Waals surface area contributed by atoms with Crippen LogP contribution in [0.15, 0.2) is 146 Å². The molecular weight excluding hydrogens is 605 g/mol. The van der Waals surface area contributed by atoms with Crippen LogP contribution >= 0.6 is 0 Å². The zero-order valence-electron chi connectivity index (χ0n) is 28.1. The number of aromatic nitrogens is 2. The first-order valence-electron chi connectivity index (χ1n) is 18.5. The van der Waals surface area contributed by atoms with Crippen LogP contribution in [0.25, 0.3) is 66.9 Å². The van der Waals surface area contributed by atoms with Crippen LogP contribution in [-0.2, 0) is 5.41 Å². The van der Waals surface area contributed by atoms with Crippen LogP contribution in [0.4, 0.5) is 0 Å². The predicted molar refractivity (Wildman–Crippen MR) is 205 cm³/mol. The van der Waals surface area contributed by atoms with Gasteiger partial charge >= 0.3 is 0 Å². The maximum atomic E-state index is 5.18. The van der Waals surface area contributed by atoms with Crippen LogP contribution in [-0.4, -0.2) is 9.97 Å². The molecule has 6 aromatic carbocycles. The number of hydrogen-bond donors (Lipinski definition) is 0. The van der Waals surface area contributed by atoms with E-state index in [1.54, 1.807) is 11.1 Å². The number of hydrogen-bond acceptors (Lipinski definition) is 2. The van der Waals surface area contributed by atoms with Crippen LogP contribution in [0.2, 0.25) is 0 Å². The Balaban J connectivity index is 1.11. The third-order valence-electron chi connectivity index (χ3n) is 12.8. The molecule has 7 aromatic rings. The van der Waals surface area contributed by atoms with Crippen molar-refractivity contribution in [3.63, 3.8) is 0 Å². The van der Waals surface area contributed by atoms with Gasteiger partial charge in [0.25, 0.3) is 0 Å². The third-order valence-corrected chi connectivity index (χ3v) is 12.8. The average molecular weight is 643 g/mol. The fourth-order valence-electron chi connectivity index (χ4n) is 11.1. The standard InChI is InChI=1S/C48H38N2/c1-3-11-32(12-4-1)44-29-45(50-47(49-44)33-13-5-2-6-14-33)37-18-9-17-36(26-37)40-19-10-20-42-46(40)41-27-34-15-7-8-16-35(34)28-43(41)48(42)38-22-30-21-31(24-38)25-39(48)23-30/h1-20,26-31,38-39H,21-25H2. The van der Waals surface area contributed by atoms with Crippen molar-refractivity contribution >= 4 is 10.8 Å². The van der Waals surface area contributed by atoms with Gasteiger partial charge in [0.1, 0.15) is 0 Å². The SMILES string of the molecule is c1ccc(-c2cc(-c3cccc(-c4cccc5c4-c4cc6ccccc6cc4C54C5CC6CC(C5)CC4C6)c3)nc(-c3ccccc3)n2)cc1. The molecule has 2 heteroatoms. The molecule has 50 heavy (non-hydrogen) atoms. The van der Waals surface area contributed by atoms with Crippen molar-refractivity contribution in [3.05, 3.63) is 157 Å². The number of nitrogens with zero attached hydrogens (tertiary/aromatic N) is 2. The molecule has 5 aliphatic rings. The smallest absolute Gasteiger partial charge is 0.160 e. The van der Waals surface area contributed by atoms with Gasteiger partial charge in [-0.1, -0.05) is 121 Å². The van der Waals surface area contributed by atoms with Crippen LogP contribution in [0.5, 0.6) is 0 Å². The molecule has 0 atom stereocenters. The molecule has 0 N–H and O–H groups in total. The van der Waals surface area contributed by atoms with E-state index >= 15 is 0 Å². The van der Waals surface area contributed by atoms with Crippen LogP contribution in [0.1, 0.15) is 43.2 Å². The monoisotopic (exact) mass is 642 g/mol. The quantitative estimate of drug-likeness (QED) is 0.191. The van der Waals surface area contributed by atoms with E-state index in [0.717, 1.165) is 57.6 Å². The van der Waals surface area contributed by atoms with Crippen molar-refractivity contribution in [2.45, 2.75) is 37.5 Å². The first-order valence-corrected chi connectivity index (χ1v) is 18.5. The Bertz CT molecular complexity index is 2360. The Morgan fingerprint density at radius 1 is 0.420 bits per heavy atom. The Hall–Kier alpha value is -5.34. The third kappa shape index (κ3) is 4.14. The summed E-state index contributed by atoms with van der Waals surface area (Å²) in [5.41, 5.74) is 14.0. The molecule has 1 spiro atoms. The lowest BCUT2D eigenvalue weighted by Gasteiger charge is -2.61. The van der Waals surface area contributed by atoms with Gasteiger partial charge in [-0.15, -0.1) is 0 Å². The minimum Gasteiger partial charge on any atom is -0.228 e. The summed E-state index contributed by atoms with van der Waals surface area (Å²) in [5, 5.41) is 2.72. The maximum Gasteiger partial charge on any atom is 0.160 e. The van der Waals surface area contributed by atoms with Gasteiger partial charge in [0.15, 0.2) is 5.82 Å². The summed E-state index contributed by atoms with van der Waals surface area (Å²) in [6, 6.07) is 53.4. The van der Waals surface area contributed by atoms with Crippen molar-refractivity contribution in [1.82, 2.24) is 9.97 Å². The van der Waals surface area contributed by atoms with Gasteiger partial charge in [-0.25, -0.2) is 9.97 Å². The molecule has 5 aliphatic carbocycles. The van der Waals surface area contributed by atoms with Gasteiger partial charge in [-0.05, 0) is 124 Å². The Labute approximate surface area is 293 Å². The Kier molecular flexibility index (Phi) is 6.17. The lowest BCUT2D eigenvalue weighted by atomic mass is 9.43. The Morgan fingerprint density at radius 2 is 1.00 bits per heavy atom. The fourth-order valence-corrected chi connectivity index (χ4v) is 11.1. The van der Waals surface area contributed by atoms with Crippen molar-refractivity contribution < 1.29 is 0 Å². The lowest BCUT2D eigenvalue weighted by molar-refractivity contribution is -0.0398. The summed E-state index contributed by atoms with van der Waals surface area (Å²) in [6.45, 7) is 0. The minimum atomic E-state index is 0.123. The first-order chi connectivity index (χ1) is 24.7. The molecule has 0 unspecified atom stereocenters. The molecule has 0 amide bonds. The van der Waals surface area contributed by atoms with Gasteiger partial charge in [0, 0.05) is 22.1 Å². The van der Waals surface area contributed by atoms with Gasteiger partial charge in [0.05, 0.1) is 11.4 Å². The van der Waals surface area contributed by atoms with Crippen LogP contribution in [0, 0.1) is 23.7 Å². The number of benzene rings is 6. The zero-order chi connectivity index (χ0) is 32.8. The van der Waals surface area contributed by atoms with Gasteiger partial charge in [-0.2, -0.15) is 0 Å². The molecular formula is C48H38N2. The molecule has 1 aromatic heterocycles. The maximum absolute atomic E-state index is 5.18. The highest BCUT2D eigenvalue weighted by atomic mass is 14.9. The van der Waals surface area contributed by atoms with Gasteiger partial charge < -0.3 is 0 Å². The second kappa shape index (κ2) is 10.8. The van der Waals surface area contributed by atoms with Crippen molar-refractivity contribution in [2.75, 3.05) is 0 Å². The minimum absolute atomic E-state index is 0.123. The van der Waals surface area contributed by atoms with E-state index in [9.17, 15) is 0 Å². The predicted octanol–water partition coefficient (Wildman–Crippen LogP) is 12.0. The summed E-state index contributed by atoms with van der Waals surface area (Å²) in [5.74, 6) is 4.05. The zero-order valence-corrected chi connectivity index (χ0v) is 28.1. The van der Waals surface area contributed by atoms with E-state index in [-0.39, 0.29) is 5.41 Å². The second-order valence-electron chi connectivity index (χ2n) is 15.4. The van der Waals surface area contributed by atoms with Gasteiger partial charge in [-0.3, -0.25) is 0 Å². The van der Waals surface area contributed by atoms with Crippen molar-refractivity contribution in [2.24, 2.45) is 23.7 Å². The van der Waals surface area contributed by atoms with Crippen molar-refractivity contribution in [3.8, 4) is 56.2 Å². The normalized spacial score (nSPS) is 24.1. The highest BCUT2D eigenvalue weighted by molar-refractivity contribution is 5.99. The van der Waals surface area contributed by atoms with E-state index in [1.807, 2.05) is 6.07 Å². The highest BCUT2D eigenvalue weighted by Gasteiger charge is 2.61. The van der Waals surface area contributed by atoms with Gasteiger partial charge in [0.2, 0.25) is 0 Å². The van der Waals surface area contributed by atoms with E-state index in [1.165, 1.54) is 65.1 Å². The van der Waals surface area contributed by atoms with Crippen LogP contribution in [0.3, 0.4) is 0 Å². The largest absolute Gasteiger partial charge is 0.228 e.